The maximum absolute atomic E-state index is 12.9. The SMILES string of the molecule is N[C@@H]1CCN(C(=O)N2CCCCC2)[C@H](c2ccccc2)C1. The number of benzene rings is 1. The van der Waals surface area contributed by atoms with E-state index in [1.807, 2.05) is 28.0 Å². The number of carbonyl (C=O) groups is 1. The smallest absolute Gasteiger partial charge is 0.320 e. The van der Waals surface area contributed by atoms with E-state index in [1.165, 1.54) is 12.0 Å². The minimum Gasteiger partial charge on any atom is -0.328 e. The molecule has 2 heterocycles. The van der Waals surface area contributed by atoms with Crippen LogP contribution in [0.1, 0.15) is 43.7 Å². The second kappa shape index (κ2) is 6.48. The van der Waals surface area contributed by atoms with E-state index in [9.17, 15) is 4.79 Å². The Morgan fingerprint density at radius 1 is 1.05 bits per heavy atom. The number of carbonyl (C=O) groups excluding carboxylic acids is 1. The predicted octanol–water partition coefficient (Wildman–Crippen LogP) is 2.76. The lowest BCUT2D eigenvalue weighted by molar-refractivity contribution is 0.104. The van der Waals surface area contributed by atoms with Crippen molar-refractivity contribution in [1.29, 1.82) is 0 Å². The van der Waals surface area contributed by atoms with Gasteiger partial charge in [-0.15, -0.1) is 0 Å². The summed E-state index contributed by atoms with van der Waals surface area (Å²) in [5, 5.41) is 0. The van der Waals surface area contributed by atoms with Gasteiger partial charge in [-0.1, -0.05) is 30.3 Å². The van der Waals surface area contributed by atoms with Gasteiger partial charge in [0.1, 0.15) is 0 Å². The van der Waals surface area contributed by atoms with E-state index >= 15 is 0 Å². The van der Waals surface area contributed by atoms with Gasteiger partial charge in [0, 0.05) is 25.7 Å². The fraction of sp³-hybridized carbons (Fsp3) is 0.588. The number of likely N-dealkylation sites (tertiary alicyclic amines) is 2. The zero-order chi connectivity index (χ0) is 14.7. The quantitative estimate of drug-likeness (QED) is 0.863. The highest BCUT2D eigenvalue weighted by Crippen LogP contribution is 2.31. The maximum atomic E-state index is 12.9. The van der Waals surface area contributed by atoms with Gasteiger partial charge in [-0.05, 0) is 37.7 Å². The molecule has 0 saturated carbocycles. The van der Waals surface area contributed by atoms with E-state index in [0.717, 1.165) is 45.3 Å². The van der Waals surface area contributed by atoms with Gasteiger partial charge in [0.2, 0.25) is 0 Å². The van der Waals surface area contributed by atoms with E-state index in [0.29, 0.717) is 0 Å². The molecule has 114 valence electrons. The first kappa shape index (κ1) is 14.4. The summed E-state index contributed by atoms with van der Waals surface area (Å²) in [6.07, 6.45) is 5.29. The minimum atomic E-state index is 0.129. The molecule has 1 aromatic carbocycles. The molecule has 0 spiro atoms. The van der Waals surface area contributed by atoms with Crippen LogP contribution in [-0.4, -0.2) is 41.5 Å². The Morgan fingerprint density at radius 2 is 1.76 bits per heavy atom. The molecule has 0 aliphatic carbocycles. The van der Waals surface area contributed by atoms with Gasteiger partial charge in [-0.2, -0.15) is 0 Å². The Hall–Kier alpha value is -1.55. The number of urea groups is 1. The number of hydrogen-bond acceptors (Lipinski definition) is 2. The van der Waals surface area contributed by atoms with Crippen LogP contribution in [0.4, 0.5) is 4.79 Å². The summed E-state index contributed by atoms with van der Waals surface area (Å²) in [4.78, 5) is 16.9. The molecule has 2 fully saturated rings. The number of amides is 2. The normalized spacial score (nSPS) is 26.7. The standard InChI is InChI=1S/C17H25N3O/c18-15-9-12-20(17(21)19-10-5-2-6-11-19)16(13-15)14-7-3-1-4-8-14/h1,3-4,7-8,15-16H,2,5-6,9-13,18H2/t15-,16+/m1/s1. The first-order valence-electron chi connectivity index (χ1n) is 8.12. The molecule has 0 aromatic heterocycles. The van der Waals surface area contributed by atoms with E-state index in [1.54, 1.807) is 0 Å². The van der Waals surface area contributed by atoms with E-state index in [-0.39, 0.29) is 18.1 Å². The van der Waals surface area contributed by atoms with Crippen LogP contribution < -0.4 is 5.73 Å². The van der Waals surface area contributed by atoms with Crippen molar-refractivity contribution in [1.82, 2.24) is 9.80 Å². The average Bonchev–Trinajstić information content (AvgIpc) is 2.56. The maximum Gasteiger partial charge on any atom is 0.320 e. The van der Waals surface area contributed by atoms with Crippen molar-refractivity contribution in [3.05, 3.63) is 35.9 Å². The average molecular weight is 287 g/mol. The molecular weight excluding hydrogens is 262 g/mol. The highest BCUT2D eigenvalue weighted by Gasteiger charge is 2.33. The van der Waals surface area contributed by atoms with Crippen LogP contribution in [0, 0.1) is 0 Å². The van der Waals surface area contributed by atoms with Gasteiger partial charge >= 0.3 is 6.03 Å². The van der Waals surface area contributed by atoms with Crippen LogP contribution >= 0.6 is 0 Å². The Labute approximate surface area is 126 Å². The first-order valence-corrected chi connectivity index (χ1v) is 8.12. The number of rotatable bonds is 1. The molecule has 3 rings (SSSR count). The molecule has 2 saturated heterocycles. The topological polar surface area (TPSA) is 49.6 Å². The number of hydrogen-bond donors (Lipinski definition) is 1. The van der Waals surface area contributed by atoms with E-state index < -0.39 is 0 Å². The monoisotopic (exact) mass is 287 g/mol. The zero-order valence-corrected chi connectivity index (χ0v) is 12.6. The molecule has 2 aliphatic heterocycles. The Kier molecular flexibility index (Phi) is 4.44. The molecule has 4 nitrogen and oxygen atoms in total. The van der Waals surface area contributed by atoms with Crippen LogP contribution in [0.3, 0.4) is 0 Å². The summed E-state index contributed by atoms with van der Waals surface area (Å²) in [6, 6.07) is 10.8. The van der Waals surface area contributed by atoms with Crippen LogP contribution in [-0.2, 0) is 0 Å². The molecule has 0 radical (unpaired) electrons. The second-order valence-corrected chi connectivity index (χ2v) is 6.23. The van der Waals surface area contributed by atoms with Gasteiger partial charge in [-0.3, -0.25) is 0 Å². The highest BCUT2D eigenvalue weighted by molar-refractivity contribution is 5.75. The molecular formula is C17H25N3O. The Balaban J connectivity index is 1.79. The third kappa shape index (κ3) is 3.21. The van der Waals surface area contributed by atoms with E-state index in [2.05, 4.69) is 12.1 Å². The van der Waals surface area contributed by atoms with Crippen LogP contribution in [0.5, 0.6) is 0 Å². The zero-order valence-electron chi connectivity index (χ0n) is 12.6. The van der Waals surface area contributed by atoms with Crippen molar-refractivity contribution in [3.63, 3.8) is 0 Å². The molecule has 2 amide bonds. The molecule has 2 N–H and O–H groups in total. The van der Waals surface area contributed by atoms with E-state index in [4.69, 9.17) is 5.73 Å². The van der Waals surface area contributed by atoms with Crippen molar-refractivity contribution in [3.8, 4) is 0 Å². The summed E-state index contributed by atoms with van der Waals surface area (Å²) in [7, 11) is 0. The molecule has 4 heteroatoms. The van der Waals surface area contributed by atoms with Crippen molar-refractivity contribution in [2.75, 3.05) is 19.6 Å². The fourth-order valence-electron chi connectivity index (χ4n) is 3.48. The van der Waals surface area contributed by atoms with Crippen molar-refractivity contribution < 1.29 is 4.79 Å². The van der Waals surface area contributed by atoms with Crippen molar-refractivity contribution >= 4 is 6.03 Å². The fourth-order valence-corrected chi connectivity index (χ4v) is 3.48. The molecule has 2 aliphatic rings. The summed E-state index contributed by atoms with van der Waals surface area (Å²) in [6.45, 7) is 2.59. The first-order chi connectivity index (χ1) is 10.3. The minimum absolute atomic E-state index is 0.129. The number of nitrogens with two attached hydrogens (primary N) is 1. The summed E-state index contributed by atoms with van der Waals surface area (Å²) in [5.41, 5.74) is 7.36. The summed E-state index contributed by atoms with van der Waals surface area (Å²) in [5.74, 6) is 0. The molecule has 2 atom stereocenters. The lowest BCUT2D eigenvalue weighted by Crippen LogP contribution is -2.51. The van der Waals surface area contributed by atoms with Crippen LogP contribution in [0.25, 0.3) is 0 Å². The molecule has 21 heavy (non-hydrogen) atoms. The largest absolute Gasteiger partial charge is 0.328 e. The molecule has 0 bridgehead atoms. The number of nitrogens with zero attached hydrogens (tertiary/aromatic N) is 2. The predicted molar refractivity (Wildman–Crippen MR) is 83.9 cm³/mol. The Morgan fingerprint density at radius 3 is 2.48 bits per heavy atom. The number of piperidine rings is 2. The van der Waals surface area contributed by atoms with Gasteiger partial charge < -0.3 is 15.5 Å². The van der Waals surface area contributed by atoms with Gasteiger partial charge in [-0.25, -0.2) is 4.79 Å². The van der Waals surface area contributed by atoms with Crippen molar-refractivity contribution in [2.45, 2.75) is 44.2 Å². The lowest BCUT2D eigenvalue weighted by Gasteiger charge is -2.42. The highest BCUT2D eigenvalue weighted by atomic mass is 16.2. The van der Waals surface area contributed by atoms with Gasteiger partial charge in [0.15, 0.2) is 0 Å². The molecule has 0 unspecified atom stereocenters. The summed E-state index contributed by atoms with van der Waals surface area (Å²) < 4.78 is 0. The van der Waals surface area contributed by atoms with Gasteiger partial charge in [0.05, 0.1) is 6.04 Å². The van der Waals surface area contributed by atoms with Crippen molar-refractivity contribution in [2.24, 2.45) is 5.73 Å². The van der Waals surface area contributed by atoms with Crippen LogP contribution in [0.2, 0.25) is 0 Å². The Bertz CT molecular complexity index is 470. The molecule has 1 aromatic rings. The summed E-state index contributed by atoms with van der Waals surface area (Å²) >= 11 is 0. The lowest BCUT2D eigenvalue weighted by atomic mass is 9.92. The third-order valence-corrected chi connectivity index (χ3v) is 4.70. The third-order valence-electron chi connectivity index (χ3n) is 4.70. The van der Waals surface area contributed by atoms with Crippen LogP contribution in [0.15, 0.2) is 30.3 Å². The second-order valence-electron chi connectivity index (χ2n) is 6.23. The van der Waals surface area contributed by atoms with Gasteiger partial charge in [0.25, 0.3) is 0 Å².